The van der Waals surface area contributed by atoms with Gasteiger partial charge in [-0.25, -0.2) is 0 Å². The average molecular weight is 406 g/mol. The number of ether oxygens (including phenoxy) is 3. The third-order valence-electron chi connectivity index (χ3n) is 4.73. The molecule has 0 aliphatic rings. The van der Waals surface area contributed by atoms with Gasteiger partial charge in [-0.3, -0.25) is 14.6 Å². The molecule has 0 aliphatic carbocycles. The fourth-order valence-electron chi connectivity index (χ4n) is 3.25. The molecule has 0 fully saturated rings. The number of carbonyl (C=O) groups is 2. The Morgan fingerprint density at radius 2 is 1.80 bits per heavy atom. The van der Waals surface area contributed by atoms with Crippen LogP contribution in [-0.4, -0.2) is 31.4 Å². The van der Waals surface area contributed by atoms with Gasteiger partial charge in [0.25, 0.3) is 5.91 Å². The van der Waals surface area contributed by atoms with Crippen LogP contribution in [0.3, 0.4) is 0 Å². The summed E-state index contributed by atoms with van der Waals surface area (Å²) in [5.41, 5.74) is 8.44. The summed E-state index contributed by atoms with van der Waals surface area (Å²) in [6.07, 6.45) is 1.93. The highest BCUT2D eigenvalue weighted by Gasteiger charge is 2.24. The number of hydrogen-bond acceptors (Lipinski definition) is 6. The molecular weight excluding hydrogens is 384 g/mol. The van der Waals surface area contributed by atoms with Crippen molar-refractivity contribution in [2.45, 2.75) is 13.5 Å². The Morgan fingerprint density at radius 3 is 2.40 bits per heavy atom. The molecule has 2 N–H and O–H groups in total. The number of aromatic nitrogens is 1. The maximum Gasteiger partial charge on any atom is 0.250 e. The van der Waals surface area contributed by atoms with E-state index in [9.17, 15) is 9.59 Å². The predicted octanol–water partition coefficient (Wildman–Crippen LogP) is 3.56. The molecule has 1 heterocycles. The summed E-state index contributed by atoms with van der Waals surface area (Å²) in [7, 11) is 3.03. The fourth-order valence-corrected chi connectivity index (χ4v) is 3.25. The van der Waals surface area contributed by atoms with Gasteiger partial charge in [0.05, 0.1) is 19.8 Å². The van der Waals surface area contributed by atoms with Crippen molar-refractivity contribution in [2.75, 3.05) is 14.2 Å². The first kappa shape index (κ1) is 20.9. The minimum atomic E-state index is -0.665. The van der Waals surface area contributed by atoms with Crippen molar-refractivity contribution in [1.82, 2.24) is 4.98 Å². The second-order valence-electron chi connectivity index (χ2n) is 6.49. The van der Waals surface area contributed by atoms with Crippen molar-refractivity contribution in [1.29, 1.82) is 0 Å². The number of aldehydes is 1. The van der Waals surface area contributed by atoms with E-state index in [1.807, 2.05) is 30.3 Å². The highest BCUT2D eigenvalue weighted by atomic mass is 16.5. The fraction of sp³-hybridized carbons (Fsp3) is 0.174. The zero-order valence-electron chi connectivity index (χ0n) is 17.0. The number of pyridine rings is 1. The minimum Gasteiger partial charge on any atom is -0.493 e. The van der Waals surface area contributed by atoms with Crippen molar-refractivity contribution >= 4 is 12.2 Å². The molecule has 1 aromatic heterocycles. The van der Waals surface area contributed by atoms with E-state index in [1.165, 1.54) is 20.4 Å². The van der Waals surface area contributed by atoms with Crippen molar-refractivity contribution in [3.63, 3.8) is 0 Å². The Labute approximate surface area is 174 Å². The summed E-state index contributed by atoms with van der Waals surface area (Å²) in [5, 5.41) is 0. The molecule has 30 heavy (non-hydrogen) atoms. The molecule has 7 nitrogen and oxygen atoms in total. The second kappa shape index (κ2) is 9.09. The van der Waals surface area contributed by atoms with Crippen LogP contribution in [0, 0.1) is 6.92 Å². The van der Waals surface area contributed by atoms with Crippen LogP contribution in [-0.2, 0) is 6.61 Å². The van der Waals surface area contributed by atoms with E-state index in [1.54, 1.807) is 19.1 Å². The van der Waals surface area contributed by atoms with Crippen LogP contribution >= 0.6 is 0 Å². The van der Waals surface area contributed by atoms with Gasteiger partial charge in [-0.1, -0.05) is 30.3 Å². The molecule has 0 atom stereocenters. The molecule has 0 unspecified atom stereocenters. The number of hydrogen-bond donors (Lipinski definition) is 1. The summed E-state index contributed by atoms with van der Waals surface area (Å²) >= 11 is 0. The Morgan fingerprint density at radius 1 is 1.07 bits per heavy atom. The van der Waals surface area contributed by atoms with E-state index in [2.05, 4.69) is 4.98 Å². The van der Waals surface area contributed by atoms with Gasteiger partial charge in [0.15, 0.2) is 17.8 Å². The lowest BCUT2D eigenvalue weighted by molar-refractivity contribution is 0.0999. The second-order valence-corrected chi connectivity index (χ2v) is 6.49. The molecule has 3 aromatic rings. The van der Waals surface area contributed by atoms with Gasteiger partial charge >= 0.3 is 0 Å². The normalized spacial score (nSPS) is 10.4. The van der Waals surface area contributed by atoms with E-state index >= 15 is 0 Å². The summed E-state index contributed by atoms with van der Waals surface area (Å²) < 4.78 is 17.1. The van der Waals surface area contributed by atoms with Crippen molar-refractivity contribution in [3.8, 4) is 28.4 Å². The highest BCUT2D eigenvalue weighted by molar-refractivity contribution is 6.02. The van der Waals surface area contributed by atoms with Crippen molar-refractivity contribution < 1.29 is 23.8 Å². The van der Waals surface area contributed by atoms with E-state index in [0.29, 0.717) is 40.2 Å². The summed E-state index contributed by atoms with van der Waals surface area (Å²) in [5.74, 6) is 0.536. The van der Waals surface area contributed by atoms with Gasteiger partial charge in [-0.05, 0) is 30.2 Å². The molecule has 0 spiro atoms. The van der Waals surface area contributed by atoms with Crippen LogP contribution in [0.2, 0.25) is 0 Å². The maximum atomic E-state index is 12.1. The summed E-state index contributed by atoms with van der Waals surface area (Å²) in [4.78, 5) is 27.6. The summed E-state index contributed by atoms with van der Waals surface area (Å²) in [6, 6.07) is 13.1. The third kappa shape index (κ3) is 3.96. The number of nitrogens with zero attached hydrogens (tertiary/aromatic N) is 1. The average Bonchev–Trinajstić information content (AvgIpc) is 2.77. The number of methoxy groups -OCH3 is 2. The molecule has 7 heteroatoms. The third-order valence-corrected chi connectivity index (χ3v) is 4.73. The van der Waals surface area contributed by atoms with Gasteiger partial charge < -0.3 is 19.9 Å². The van der Waals surface area contributed by atoms with E-state index in [4.69, 9.17) is 19.9 Å². The van der Waals surface area contributed by atoms with E-state index < -0.39 is 5.91 Å². The van der Waals surface area contributed by atoms with Gasteiger partial charge in [-0.15, -0.1) is 0 Å². The van der Waals surface area contributed by atoms with Gasteiger partial charge in [-0.2, -0.15) is 0 Å². The molecule has 0 saturated carbocycles. The van der Waals surface area contributed by atoms with E-state index in [-0.39, 0.29) is 17.9 Å². The molecule has 0 saturated heterocycles. The van der Waals surface area contributed by atoms with Crippen molar-refractivity contribution in [2.24, 2.45) is 5.73 Å². The molecule has 3 rings (SSSR count). The first-order valence-electron chi connectivity index (χ1n) is 9.18. The first-order valence-corrected chi connectivity index (χ1v) is 9.18. The molecule has 0 aliphatic heterocycles. The Balaban J connectivity index is 2.25. The van der Waals surface area contributed by atoms with Gasteiger partial charge in [0.2, 0.25) is 5.75 Å². The Bertz CT molecular complexity index is 1080. The Hall–Kier alpha value is -3.87. The zero-order chi connectivity index (χ0) is 21.7. The van der Waals surface area contributed by atoms with Crippen LogP contribution < -0.4 is 19.9 Å². The molecule has 154 valence electrons. The zero-order valence-corrected chi connectivity index (χ0v) is 17.0. The van der Waals surface area contributed by atoms with E-state index in [0.717, 1.165) is 5.56 Å². The Kier molecular flexibility index (Phi) is 6.32. The first-order chi connectivity index (χ1) is 14.5. The van der Waals surface area contributed by atoms with Crippen LogP contribution in [0.15, 0.2) is 48.7 Å². The lowest BCUT2D eigenvalue weighted by atomic mass is 9.93. The van der Waals surface area contributed by atoms with Crippen LogP contribution in [0.25, 0.3) is 11.1 Å². The molecule has 2 aromatic carbocycles. The number of carbonyl (C=O) groups excluding carboxylic acids is 2. The van der Waals surface area contributed by atoms with Crippen molar-refractivity contribution in [3.05, 3.63) is 71.0 Å². The van der Waals surface area contributed by atoms with Crippen LogP contribution in [0.5, 0.6) is 17.2 Å². The quantitative estimate of drug-likeness (QED) is 0.574. The number of primary amides is 1. The molecule has 1 amide bonds. The molecule has 0 bridgehead atoms. The number of nitrogens with two attached hydrogens (primary N) is 1. The smallest absolute Gasteiger partial charge is 0.250 e. The summed E-state index contributed by atoms with van der Waals surface area (Å²) in [6.45, 7) is 1.96. The predicted molar refractivity (Wildman–Crippen MR) is 112 cm³/mol. The monoisotopic (exact) mass is 406 g/mol. The largest absolute Gasteiger partial charge is 0.493 e. The lowest BCUT2D eigenvalue weighted by Gasteiger charge is -2.20. The maximum absolute atomic E-state index is 12.1. The molecular formula is C23H22N2O5. The molecule has 0 radical (unpaired) electrons. The standard InChI is InChI=1S/C23H22N2O5/c1-14-18(12-26)25-11-17(23(24)27)20(14)16-9-10-19(28-2)22(29-3)21(16)30-13-15-7-5-4-6-8-15/h4-12H,13H2,1-3H3,(H2,24,27). The minimum absolute atomic E-state index is 0.176. The highest BCUT2D eigenvalue weighted by Crippen LogP contribution is 2.46. The lowest BCUT2D eigenvalue weighted by Crippen LogP contribution is -2.15. The van der Waals surface area contributed by atoms with Gasteiger partial charge in [0.1, 0.15) is 12.3 Å². The topological polar surface area (TPSA) is 101 Å². The number of amides is 1. The SMILES string of the molecule is COc1ccc(-c2c(C(N)=O)cnc(C=O)c2C)c(OCc2ccccc2)c1OC. The number of benzene rings is 2. The van der Waals surface area contributed by atoms with Crippen LogP contribution in [0.1, 0.15) is 32.0 Å². The number of rotatable bonds is 8. The van der Waals surface area contributed by atoms with Crippen LogP contribution in [0.4, 0.5) is 0 Å². The van der Waals surface area contributed by atoms with Gasteiger partial charge in [0, 0.05) is 17.3 Å².